The van der Waals surface area contributed by atoms with Crippen molar-refractivity contribution in [1.82, 2.24) is 4.90 Å². The maximum Gasteiger partial charge on any atom is 0.118 e. The molecule has 23 heavy (non-hydrogen) atoms. The van der Waals surface area contributed by atoms with E-state index in [-0.39, 0.29) is 5.54 Å². The molecule has 122 valence electrons. The molecule has 0 aliphatic carbocycles. The van der Waals surface area contributed by atoms with Gasteiger partial charge in [-0.05, 0) is 68.2 Å². The van der Waals surface area contributed by atoms with E-state index >= 15 is 0 Å². The zero-order valence-corrected chi connectivity index (χ0v) is 14.1. The highest BCUT2D eigenvalue weighted by Gasteiger charge is 2.36. The van der Waals surface area contributed by atoms with Crippen molar-refractivity contribution in [2.45, 2.75) is 31.7 Å². The minimum atomic E-state index is -0.139. The number of hydrogen-bond acceptors (Lipinski definition) is 3. The quantitative estimate of drug-likeness (QED) is 0.867. The number of ether oxygens (including phenoxy) is 1. The monoisotopic (exact) mass is 310 g/mol. The van der Waals surface area contributed by atoms with Gasteiger partial charge in [0.1, 0.15) is 5.75 Å². The Labute approximate surface area is 139 Å². The van der Waals surface area contributed by atoms with Gasteiger partial charge >= 0.3 is 0 Å². The summed E-state index contributed by atoms with van der Waals surface area (Å²) < 4.78 is 5.32. The number of benzene rings is 2. The SMILES string of the molecule is COc1ccc(C(C)(c2ccc(N)cc2)N2CCCCC2)cc1. The first-order valence-electron chi connectivity index (χ1n) is 8.40. The van der Waals surface area contributed by atoms with Crippen LogP contribution in [0.4, 0.5) is 5.69 Å². The fourth-order valence-electron chi connectivity index (χ4n) is 3.60. The molecule has 1 atom stereocenters. The maximum absolute atomic E-state index is 5.89. The van der Waals surface area contributed by atoms with E-state index in [0.717, 1.165) is 24.5 Å². The van der Waals surface area contributed by atoms with Gasteiger partial charge in [-0.2, -0.15) is 0 Å². The van der Waals surface area contributed by atoms with Crippen molar-refractivity contribution in [3.63, 3.8) is 0 Å². The molecular formula is C20H26N2O. The van der Waals surface area contributed by atoms with Crippen molar-refractivity contribution < 1.29 is 4.74 Å². The number of anilines is 1. The van der Waals surface area contributed by atoms with Gasteiger partial charge in [0, 0.05) is 5.69 Å². The van der Waals surface area contributed by atoms with Crippen LogP contribution in [0.1, 0.15) is 37.3 Å². The second-order valence-corrected chi connectivity index (χ2v) is 6.47. The van der Waals surface area contributed by atoms with Gasteiger partial charge in [0.2, 0.25) is 0 Å². The van der Waals surface area contributed by atoms with E-state index in [4.69, 9.17) is 10.5 Å². The minimum Gasteiger partial charge on any atom is -0.497 e. The summed E-state index contributed by atoms with van der Waals surface area (Å²) in [5, 5.41) is 0. The van der Waals surface area contributed by atoms with Crippen LogP contribution in [-0.4, -0.2) is 25.1 Å². The second kappa shape index (κ2) is 6.63. The lowest BCUT2D eigenvalue weighted by atomic mass is 9.81. The van der Waals surface area contributed by atoms with Crippen molar-refractivity contribution in [2.24, 2.45) is 0 Å². The summed E-state index contributed by atoms with van der Waals surface area (Å²) in [4.78, 5) is 2.60. The van der Waals surface area contributed by atoms with Crippen molar-refractivity contribution >= 4 is 5.69 Å². The molecule has 2 aromatic rings. The van der Waals surface area contributed by atoms with Gasteiger partial charge in [-0.15, -0.1) is 0 Å². The van der Waals surface area contributed by atoms with Crippen LogP contribution in [0.2, 0.25) is 0 Å². The average molecular weight is 310 g/mol. The van der Waals surface area contributed by atoms with Crippen LogP contribution >= 0.6 is 0 Å². The van der Waals surface area contributed by atoms with E-state index < -0.39 is 0 Å². The van der Waals surface area contributed by atoms with Crippen LogP contribution in [0.15, 0.2) is 48.5 Å². The number of nitrogens with zero attached hydrogens (tertiary/aromatic N) is 1. The summed E-state index contributed by atoms with van der Waals surface area (Å²) in [5.74, 6) is 0.895. The van der Waals surface area contributed by atoms with Crippen LogP contribution in [0.25, 0.3) is 0 Å². The summed E-state index contributed by atoms with van der Waals surface area (Å²) in [5.41, 5.74) is 9.15. The van der Waals surface area contributed by atoms with Gasteiger partial charge in [-0.3, -0.25) is 4.90 Å². The Morgan fingerprint density at radius 1 is 0.870 bits per heavy atom. The number of rotatable bonds is 4. The van der Waals surface area contributed by atoms with Gasteiger partial charge < -0.3 is 10.5 Å². The first-order valence-corrected chi connectivity index (χ1v) is 8.40. The largest absolute Gasteiger partial charge is 0.497 e. The molecule has 0 aromatic heterocycles. The summed E-state index contributed by atoms with van der Waals surface area (Å²) >= 11 is 0. The number of nitrogen functional groups attached to an aromatic ring is 1. The zero-order chi connectivity index (χ0) is 16.3. The molecule has 1 saturated heterocycles. The molecule has 0 radical (unpaired) electrons. The Bertz CT molecular complexity index is 630. The van der Waals surface area contributed by atoms with E-state index in [1.165, 1.54) is 30.4 Å². The van der Waals surface area contributed by atoms with E-state index in [2.05, 4.69) is 48.2 Å². The highest BCUT2D eigenvalue weighted by atomic mass is 16.5. The molecule has 0 saturated carbocycles. The molecule has 1 fully saturated rings. The van der Waals surface area contributed by atoms with Gasteiger partial charge in [-0.1, -0.05) is 30.7 Å². The predicted molar refractivity (Wildman–Crippen MR) is 95.7 cm³/mol. The Hall–Kier alpha value is -2.00. The topological polar surface area (TPSA) is 38.5 Å². The Kier molecular flexibility index (Phi) is 4.58. The number of hydrogen-bond donors (Lipinski definition) is 1. The number of likely N-dealkylation sites (tertiary alicyclic amines) is 1. The molecule has 1 heterocycles. The normalized spacial score (nSPS) is 18.3. The Morgan fingerprint density at radius 2 is 1.39 bits per heavy atom. The van der Waals surface area contributed by atoms with Crippen molar-refractivity contribution in [1.29, 1.82) is 0 Å². The molecule has 0 amide bonds. The van der Waals surface area contributed by atoms with E-state index in [9.17, 15) is 0 Å². The molecule has 0 bridgehead atoms. The van der Waals surface area contributed by atoms with E-state index in [1.807, 2.05) is 12.1 Å². The third-order valence-electron chi connectivity index (χ3n) is 5.11. The third-order valence-corrected chi connectivity index (χ3v) is 5.11. The molecule has 1 aliphatic heterocycles. The van der Waals surface area contributed by atoms with Gasteiger partial charge in [-0.25, -0.2) is 0 Å². The summed E-state index contributed by atoms with van der Waals surface area (Å²) in [6.07, 6.45) is 3.86. The predicted octanol–water partition coefficient (Wildman–Crippen LogP) is 4.03. The van der Waals surface area contributed by atoms with Crippen LogP contribution in [0, 0.1) is 0 Å². The second-order valence-electron chi connectivity index (χ2n) is 6.47. The maximum atomic E-state index is 5.89. The van der Waals surface area contributed by atoms with E-state index in [0.29, 0.717) is 0 Å². The molecule has 0 spiro atoms. The lowest BCUT2D eigenvalue weighted by Gasteiger charge is -2.44. The molecule has 3 heteroatoms. The minimum absolute atomic E-state index is 0.139. The lowest BCUT2D eigenvalue weighted by Crippen LogP contribution is -2.47. The molecule has 1 unspecified atom stereocenters. The van der Waals surface area contributed by atoms with Crippen molar-refractivity contribution in [2.75, 3.05) is 25.9 Å². The number of methoxy groups -OCH3 is 1. The lowest BCUT2D eigenvalue weighted by molar-refractivity contribution is 0.111. The highest BCUT2D eigenvalue weighted by molar-refractivity contribution is 5.46. The molecule has 3 nitrogen and oxygen atoms in total. The highest BCUT2D eigenvalue weighted by Crippen LogP contribution is 2.38. The third kappa shape index (κ3) is 3.06. The zero-order valence-electron chi connectivity index (χ0n) is 14.1. The molecular weight excluding hydrogens is 284 g/mol. The summed E-state index contributed by atoms with van der Waals surface area (Å²) in [6, 6.07) is 16.8. The van der Waals surface area contributed by atoms with Gasteiger partial charge in [0.25, 0.3) is 0 Å². The van der Waals surface area contributed by atoms with Crippen LogP contribution in [0.5, 0.6) is 5.75 Å². The van der Waals surface area contributed by atoms with Crippen molar-refractivity contribution in [3.05, 3.63) is 59.7 Å². The average Bonchev–Trinajstić information content (AvgIpc) is 2.62. The number of nitrogens with two attached hydrogens (primary N) is 1. The fourth-order valence-corrected chi connectivity index (χ4v) is 3.60. The van der Waals surface area contributed by atoms with Crippen LogP contribution in [-0.2, 0) is 5.54 Å². The van der Waals surface area contributed by atoms with Crippen molar-refractivity contribution in [3.8, 4) is 5.75 Å². The van der Waals surface area contributed by atoms with Crippen LogP contribution < -0.4 is 10.5 Å². The molecule has 2 N–H and O–H groups in total. The summed E-state index contributed by atoms with van der Waals surface area (Å²) in [7, 11) is 1.71. The smallest absolute Gasteiger partial charge is 0.118 e. The van der Waals surface area contributed by atoms with Crippen LogP contribution in [0.3, 0.4) is 0 Å². The van der Waals surface area contributed by atoms with E-state index in [1.54, 1.807) is 7.11 Å². The summed E-state index contributed by atoms with van der Waals surface area (Å²) in [6.45, 7) is 4.59. The molecule has 1 aliphatic rings. The van der Waals surface area contributed by atoms with Gasteiger partial charge in [0.05, 0.1) is 12.6 Å². The molecule has 3 rings (SSSR count). The first-order chi connectivity index (χ1) is 11.1. The number of piperidine rings is 1. The molecule has 2 aromatic carbocycles. The first kappa shape index (κ1) is 15.9. The fraction of sp³-hybridized carbons (Fsp3) is 0.400. The Balaban J connectivity index is 2.05. The van der Waals surface area contributed by atoms with Gasteiger partial charge in [0.15, 0.2) is 0 Å². The Morgan fingerprint density at radius 3 is 1.91 bits per heavy atom. The standard InChI is InChI=1S/C20H26N2O/c1-20(22-14-4-3-5-15-22,16-6-10-18(21)11-7-16)17-8-12-19(23-2)13-9-17/h6-13H,3-5,14-15,21H2,1-2H3.